The van der Waals surface area contributed by atoms with Crippen LogP contribution in [0.3, 0.4) is 0 Å². The lowest BCUT2D eigenvalue weighted by Gasteiger charge is -2.33. The third kappa shape index (κ3) is 46.4. The number of amides is 15. The second-order valence-corrected chi connectivity index (χ2v) is 34.7. The van der Waals surface area contributed by atoms with Crippen LogP contribution in [-0.2, 0) is 76.7 Å². The van der Waals surface area contributed by atoms with E-state index in [0.29, 0.717) is 37.9 Å². The highest BCUT2D eigenvalue weighted by Crippen LogP contribution is 2.30. The topological polar surface area (TPSA) is 942 Å². The van der Waals surface area contributed by atoms with Crippen LogP contribution in [-0.4, -0.2) is 308 Å². The van der Waals surface area contributed by atoms with Crippen molar-refractivity contribution in [1.82, 2.24) is 105 Å². The molecule has 792 valence electrons. The van der Waals surface area contributed by atoms with E-state index >= 15 is 28.8 Å². The molecule has 3 heterocycles. The fourth-order valence-electron chi connectivity index (χ4n) is 15.8. The number of carboxylic acid groups (broad SMARTS) is 1. The third-order valence-electron chi connectivity index (χ3n) is 23.2. The highest BCUT2D eigenvalue weighted by Gasteiger charge is 2.45. The summed E-state index contributed by atoms with van der Waals surface area (Å²) in [5, 5.41) is 106. The first-order valence-electron chi connectivity index (χ1n) is 47.8. The van der Waals surface area contributed by atoms with Gasteiger partial charge >= 0.3 is 5.97 Å². The van der Waals surface area contributed by atoms with Crippen molar-refractivity contribution in [2.45, 2.75) is 278 Å². The number of carboxylic acids is 1. The summed E-state index contributed by atoms with van der Waals surface area (Å²) in [5.41, 5.74) is 57.8. The van der Waals surface area contributed by atoms with E-state index in [1.54, 1.807) is 13.3 Å². The Hall–Kier alpha value is -14.7. The van der Waals surface area contributed by atoms with Gasteiger partial charge in [0, 0.05) is 108 Å². The van der Waals surface area contributed by atoms with E-state index in [1.807, 2.05) is 31.2 Å². The molecular weight excluding hydrogens is 1850 g/mol. The number of nitrogens with zero attached hydrogens (tertiary/aromatic N) is 3. The molecule has 2 aliphatic heterocycles. The number of pyridine rings is 1. The monoisotopic (exact) mass is 2000 g/mol. The Kier molecular flexibility index (Phi) is 55.0. The van der Waals surface area contributed by atoms with Crippen molar-refractivity contribution in [1.29, 1.82) is 32.5 Å². The summed E-state index contributed by atoms with van der Waals surface area (Å²) in [6.07, 6.45) is 0.897. The number of benzene rings is 1. The van der Waals surface area contributed by atoms with Gasteiger partial charge in [-0.25, -0.2) is 4.79 Å². The average Bonchev–Trinajstić information content (AvgIpc) is 1.61. The van der Waals surface area contributed by atoms with Gasteiger partial charge < -0.3 is 173 Å². The van der Waals surface area contributed by atoms with Crippen molar-refractivity contribution in [3.8, 4) is 5.75 Å². The molecule has 55 heteroatoms. The van der Waals surface area contributed by atoms with E-state index in [2.05, 4.69) is 101 Å². The van der Waals surface area contributed by atoms with Crippen molar-refractivity contribution < 1.29 is 86.6 Å². The number of unbranched alkanes of at least 4 members (excludes halogenated alkanes) is 2. The van der Waals surface area contributed by atoms with Crippen LogP contribution in [0.15, 0.2) is 30.5 Å². The number of carbonyl (C=O) groups excluding carboxylic acids is 15. The van der Waals surface area contributed by atoms with E-state index < -0.39 is 210 Å². The number of anilines is 1. The Balaban J connectivity index is 1.66. The molecule has 2 saturated heterocycles. The molecule has 0 aliphatic carbocycles. The summed E-state index contributed by atoms with van der Waals surface area (Å²) in [7, 11) is 1.57. The fourth-order valence-corrected chi connectivity index (χ4v) is 15.8. The lowest BCUT2D eigenvalue weighted by Crippen LogP contribution is -2.61. The minimum absolute atomic E-state index is 0.00103. The van der Waals surface area contributed by atoms with Gasteiger partial charge in [-0.3, -0.25) is 109 Å². The molecule has 0 radical (unpaired) electrons. The number of likely N-dealkylation sites (tertiary alicyclic amines) is 2. The summed E-state index contributed by atoms with van der Waals surface area (Å²) >= 11 is 0. The number of carbonyl (C=O) groups is 16. The summed E-state index contributed by atoms with van der Waals surface area (Å²) in [4.78, 5) is 233. The van der Waals surface area contributed by atoms with Gasteiger partial charge in [0.25, 0.3) is 0 Å². The van der Waals surface area contributed by atoms with Gasteiger partial charge in [-0.1, -0.05) is 6.07 Å². The third-order valence-corrected chi connectivity index (χ3v) is 23.2. The number of aromatic nitrogens is 1. The molecule has 4 rings (SSSR count). The van der Waals surface area contributed by atoms with Crippen molar-refractivity contribution in [3.63, 3.8) is 0 Å². The molecule has 1 aromatic heterocycles. The number of primary amides is 2. The zero-order valence-corrected chi connectivity index (χ0v) is 80.9. The van der Waals surface area contributed by atoms with Crippen LogP contribution >= 0.6 is 0 Å². The molecule has 2 fully saturated rings. The standard InChI is InChI=1S/C87H151N37O18/c1-49(112-62-48-51(142-2)47-50-18-8-38-105-69(50)62)17-7-37-104-67(127)33-34-68(128)113-52(21-9-39-106-82(92)93)70(129)114-53(19-3-5-35-88)71(130)115-54(20-4-6-36-89)72(131)116-55(22-10-40-107-83(94)95)73(132)117-57(24-12-42-109-85(98)99)75(134)120-59(29-31-65(90)125)77(136)119-56(23-11-41-108-84(96)97)74(133)118-58(25-13-43-110-86(100)101)76(135)121-60(26-14-44-111-87(102)103)79(138)124-46-16-28-64(124)80(139)123-45-15-27-63(123)78(137)122-61(81(140)141)30-32-66(91)126/h8,18,38,47-49,52-61,63-64,112H,3-7,9-17,19-37,39-46,88-89H2,1-2H3,(H2,90,125)(H2,91,126)(H,104,127)(H,113,128)(H,114,129)(H,115,130)(H,116,131)(H,117,132)(H,118,133)(H,119,136)(H,120,134)(H,121,135)(H,122,137)(H,140,141)(H4,92,93,106)(H4,94,95,107)(H4,96,97,108)(H4,98,99,109)(H4,100,101,110)(H4,102,103,111)/t49?,52-,53-,54-,55-,56-,57-,58-,59-,60-,61-,63-,64-/m0/s1. The number of nitrogens with two attached hydrogens (primary N) is 10. The van der Waals surface area contributed by atoms with Crippen molar-refractivity contribution >= 4 is 147 Å². The molecule has 45 N–H and O–H groups in total. The molecule has 15 amide bonds. The van der Waals surface area contributed by atoms with Gasteiger partial charge in [-0.2, -0.15) is 0 Å². The lowest BCUT2D eigenvalue weighted by atomic mass is 10.0. The Bertz CT molecular complexity index is 4590. The van der Waals surface area contributed by atoms with Gasteiger partial charge in [-0.05, 0) is 199 Å². The van der Waals surface area contributed by atoms with Crippen molar-refractivity contribution in [2.75, 3.05) is 84.4 Å². The molecule has 2 aromatic rings. The number of hydrogen-bond donors (Lipinski definition) is 35. The highest BCUT2D eigenvalue weighted by molar-refractivity contribution is 6.01. The summed E-state index contributed by atoms with van der Waals surface area (Å²) in [6, 6.07) is -10.6. The molecule has 142 heavy (non-hydrogen) atoms. The van der Waals surface area contributed by atoms with E-state index in [0.717, 1.165) is 16.6 Å². The Morgan fingerprint density at radius 3 is 1.10 bits per heavy atom. The first-order valence-corrected chi connectivity index (χ1v) is 47.8. The number of ether oxygens (including phenoxy) is 1. The quantitative estimate of drug-likeness (QED) is 0.0166. The molecule has 2 aliphatic rings. The van der Waals surface area contributed by atoms with Crippen LogP contribution in [0.2, 0.25) is 0 Å². The van der Waals surface area contributed by atoms with Gasteiger partial charge in [0.05, 0.1) is 18.3 Å². The summed E-state index contributed by atoms with van der Waals surface area (Å²) < 4.78 is 5.49. The zero-order valence-electron chi connectivity index (χ0n) is 80.9. The maximum Gasteiger partial charge on any atom is 0.326 e. The number of rotatable bonds is 70. The molecule has 1 aromatic carbocycles. The van der Waals surface area contributed by atoms with Crippen LogP contribution in [0, 0.1) is 32.5 Å². The predicted octanol–water partition coefficient (Wildman–Crippen LogP) is -8.00. The number of nitrogens with one attached hydrogen (secondary N) is 24. The maximum atomic E-state index is 15.1. The van der Waals surface area contributed by atoms with Crippen LogP contribution in [0.4, 0.5) is 5.69 Å². The molecule has 13 atom stereocenters. The smallest absolute Gasteiger partial charge is 0.326 e. The molecular formula is C87H151N37O18. The Labute approximate surface area is 823 Å². The minimum Gasteiger partial charge on any atom is -0.497 e. The van der Waals surface area contributed by atoms with Gasteiger partial charge in [0.15, 0.2) is 35.8 Å². The van der Waals surface area contributed by atoms with Crippen molar-refractivity contribution in [3.05, 3.63) is 30.5 Å². The second kappa shape index (κ2) is 65.3. The average molecular weight is 2000 g/mol. The van der Waals surface area contributed by atoms with Crippen LogP contribution < -0.4 is 158 Å². The van der Waals surface area contributed by atoms with E-state index in [4.69, 9.17) is 94.5 Å². The SMILES string of the molecule is COc1cc(NC(C)CCCNC(=O)CCC(=O)N[C@@H](CCCNC(=N)N)C(=O)N[C@@H](CCCCN)C(=O)N[C@@H](CCCCN)C(=O)N[C@@H](CCCNC(=N)N)C(=O)N[C@@H](CCCNC(=N)N)C(=O)N[C@@H](CCC(N)=O)C(=O)N[C@@H](CCCNC(=N)N)C(=O)N[C@@H](CCCNC(=N)N)C(=O)N[C@@H](CCCNC(=N)N)C(=O)N2CCC[C@H]2C(=O)N2CCC[C@H]2C(=O)N[C@@H](CCC(N)=O)C(=O)O)c2ncccc2c1. The van der Waals surface area contributed by atoms with Gasteiger partial charge in [0.2, 0.25) is 88.6 Å². The first kappa shape index (κ1) is 120. The number of guanidine groups is 6. The summed E-state index contributed by atoms with van der Waals surface area (Å²) in [5.74, 6) is -16.7. The van der Waals surface area contributed by atoms with Crippen molar-refractivity contribution in [2.24, 2.45) is 57.3 Å². The second-order valence-electron chi connectivity index (χ2n) is 34.7. The number of fused-ring (bicyclic) bond motifs is 1. The Morgan fingerprint density at radius 1 is 0.394 bits per heavy atom. The molecule has 0 bridgehead atoms. The zero-order chi connectivity index (χ0) is 105. The normalized spacial score (nSPS) is 15.4. The van der Waals surface area contributed by atoms with Crippen LogP contribution in [0.25, 0.3) is 10.9 Å². The van der Waals surface area contributed by atoms with Crippen LogP contribution in [0.5, 0.6) is 5.75 Å². The number of hydrogen-bond acceptors (Lipinski definition) is 27. The predicted molar refractivity (Wildman–Crippen MR) is 527 cm³/mol. The van der Waals surface area contributed by atoms with E-state index in [1.165, 1.54) is 9.80 Å². The van der Waals surface area contributed by atoms with Crippen LogP contribution in [0.1, 0.15) is 200 Å². The molecule has 0 spiro atoms. The van der Waals surface area contributed by atoms with Gasteiger partial charge in [0.1, 0.15) is 78.3 Å². The fraction of sp³-hybridized carbons (Fsp3) is 0.644. The maximum absolute atomic E-state index is 15.1. The lowest BCUT2D eigenvalue weighted by molar-refractivity contribution is -0.149. The first-order chi connectivity index (χ1) is 67.6. The Morgan fingerprint density at radius 2 is 0.725 bits per heavy atom. The van der Waals surface area contributed by atoms with E-state index in [-0.39, 0.29) is 232 Å². The number of aliphatic carboxylic acids is 1. The molecule has 0 saturated carbocycles. The molecule has 55 nitrogen and oxygen atoms in total. The molecule has 1 unspecified atom stereocenters. The minimum atomic E-state index is -1.81. The largest absolute Gasteiger partial charge is 0.497 e. The number of methoxy groups -OCH3 is 1. The highest BCUT2D eigenvalue weighted by atomic mass is 16.5. The van der Waals surface area contributed by atoms with Gasteiger partial charge in [-0.15, -0.1) is 0 Å². The van der Waals surface area contributed by atoms with E-state index in [9.17, 15) is 53.1 Å². The summed E-state index contributed by atoms with van der Waals surface area (Å²) in [6.45, 7) is 2.41.